The van der Waals surface area contributed by atoms with Gasteiger partial charge < -0.3 is 4.42 Å². The smallest absolute Gasteiger partial charge is 0.269 e. The number of oxazole rings is 1. The number of fused-ring (bicyclic) bond motifs is 1. The maximum atomic E-state index is 10.6. The van der Waals surface area contributed by atoms with Crippen LogP contribution in [0, 0.1) is 10.1 Å². The highest BCUT2D eigenvalue weighted by Gasteiger charge is 2.03. The molecule has 0 unspecified atom stereocenters. The molecule has 1 heterocycles. The summed E-state index contributed by atoms with van der Waals surface area (Å²) in [6.45, 7) is 0. The van der Waals surface area contributed by atoms with Gasteiger partial charge in [0.25, 0.3) is 5.69 Å². The standard InChI is InChI=1S/C15H10N2O3/c18-17(19)12-8-5-11(6-9-12)7-10-15-16-13-3-1-2-4-14(13)20-15/h1-10H/b10-7+. The Morgan fingerprint density at radius 1 is 1.05 bits per heavy atom. The predicted molar refractivity (Wildman–Crippen MR) is 76.0 cm³/mol. The van der Waals surface area contributed by atoms with Crippen molar-refractivity contribution in [3.8, 4) is 0 Å². The fourth-order valence-corrected chi connectivity index (χ4v) is 1.84. The number of hydrogen-bond acceptors (Lipinski definition) is 4. The van der Waals surface area contributed by atoms with E-state index < -0.39 is 4.92 Å². The highest BCUT2D eigenvalue weighted by atomic mass is 16.6. The number of rotatable bonds is 3. The third-order valence-corrected chi connectivity index (χ3v) is 2.83. The first-order valence-corrected chi connectivity index (χ1v) is 6.00. The Bertz CT molecular complexity index is 755. The fourth-order valence-electron chi connectivity index (χ4n) is 1.84. The summed E-state index contributed by atoms with van der Waals surface area (Å²) >= 11 is 0. The van der Waals surface area contributed by atoms with Crippen LogP contribution >= 0.6 is 0 Å². The van der Waals surface area contributed by atoms with E-state index in [9.17, 15) is 10.1 Å². The number of nitro benzene ring substituents is 1. The van der Waals surface area contributed by atoms with Gasteiger partial charge in [-0.05, 0) is 35.9 Å². The first-order valence-electron chi connectivity index (χ1n) is 6.00. The van der Waals surface area contributed by atoms with E-state index >= 15 is 0 Å². The van der Waals surface area contributed by atoms with Gasteiger partial charge in [-0.2, -0.15) is 0 Å². The molecule has 0 atom stereocenters. The van der Waals surface area contributed by atoms with Crippen molar-refractivity contribution in [1.29, 1.82) is 0 Å². The molecule has 5 nitrogen and oxygen atoms in total. The summed E-state index contributed by atoms with van der Waals surface area (Å²) in [7, 11) is 0. The van der Waals surface area contributed by atoms with Crippen molar-refractivity contribution in [3.63, 3.8) is 0 Å². The van der Waals surface area contributed by atoms with Gasteiger partial charge in [0.15, 0.2) is 5.58 Å². The van der Waals surface area contributed by atoms with E-state index in [2.05, 4.69) is 4.98 Å². The Labute approximate surface area is 114 Å². The first-order chi connectivity index (χ1) is 9.72. The normalized spacial score (nSPS) is 11.2. The second-order valence-electron chi connectivity index (χ2n) is 4.20. The minimum absolute atomic E-state index is 0.0732. The summed E-state index contributed by atoms with van der Waals surface area (Å²) in [6.07, 6.45) is 3.54. The highest BCUT2D eigenvalue weighted by Crippen LogP contribution is 2.17. The maximum absolute atomic E-state index is 10.6. The summed E-state index contributed by atoms with van der Waals surface area (Å²) in [4.78, 5) is 14.4. The number of benzene rings is 2. The number of hydrogen-bond donors (Lipinski definition) is 0. The quantitative estimate of drug-likeness (QED) is 0.532. The Hall–Kier alpha value is -2.95. The molecule has 0 aliphatic carbocycles. The van der Waals surface area contributed by atoms with Crippen LogP contribution in [-0.2, 0) is 0 Å². The second kappa shape index (κ2) is 4.97. The van der Waals surface area contributed by atoms with Gasteiger partial charge in [0.2, 0.25) is 5.89 Å². The summed E-state index contributed by atoms with van der Waals surface area (Å²) < 4.78 is 5.55. The number of non-ortho nitro benzene ring substituents is 1. The molecule has 0 N–H and O–H groups in total. The van der Waals surface area contributed by atoms with Gasteiger partial charge in [0, 0.05) is 18.2 Å². The van der Waals surface area contributed by atoms with Gasteiger partial charge in [-0.3, -0.25) is 10.1 Å². The first kappa shape index (κ1) is 12.1. The van der Waals surface area contributed by atoms with Crippen LogP contribution in [0.3, 0.4) is 0 Å². The lowest BCUT2D eigenvalue weighted by atomic mass is 10.2. The molecule has 0 fully saturated rings. The van der Waals surface area contributed by atoms with E-state index in [-0.39, 0.29) is 5.69 Å². The molecule has 98 valence electrons. The Morgan fingerprint density at radius 3 is 2.50 bits per heavy atom. The van der Waals surface area contributed by atoms with E-state index in [1.165, 1.54) is 12.1 Å². The summed E-state index contributed by atoms with van der Waals surface area (Å²) in [5, 5.41) is 10.6. The average Bonchev–Trinajstić information content (AvgIpc) is 2.88. The van der Waals surface area contributed by atoms with Crippen molar-refractivity contribution in [2.24, 2.45) is 0 Å². The summed E-state index contributed by atoms with van der Waals surface area (Å²) in [6, 6.07) is 13.8. The van der Waals surface area contributed by atoms with Crippen molar-refractivity contribution in [2.45, 2.75) is 0 Å². The lowest BCUT2D eigenvalue weighted by Crippen LogP contribution is -1.86. The van der Waals surface area contributed by atoms with Crippen molar-refractivity contribution < 1.29 is 9.34 Å². The van der Waals surface area contributed by atoms with Crippen molar-refractivity contribution in [3.05, 3.63) is 70.1 Å². The fraction of sp³-hybridized carbons (Fsp3) is 0. The van der Waals surface area contributed by atoms with Crippen LogP contribution in [0.15, 0.2) is 52.9 Å². The van der Waals surface area contributed by atoms with Gasteiger partial charge in [0.05, 0.1) is 4.92 Å². The van der Waals surface area contributed by atoms with Crippen LogP contribution in [0.4, 0.5) is 5.69 Å². The minimum atomic E-state index is -0.422. The summed E-state index contributed by atoms with van der Waals surface area (Å²) in [5.74, 6) is 0.504. The van der Waals surface area contributed by atoms with Crippen molar-refractivity contribution >= 4 is 28.9 Å². The molecule has 1 aromatic heterocycles. The number of para-hydroxylation sites is 2. The maximum Gasteiger partial charge on any atom is 0.269 e. The van der Waals surface area contributed by atoms with E-state index in [0.29, 0.717) is 5.89 Å². The second-order valence-corrected chi connectivity index (χ2v) is 4.20. The van der Waals surface area contributed by atoms with Gasteiger partial charge in [-0.15, -0.1) is 0 Å². The molecule has 0 radical (unpaired) electrons. The molecule has 0 bridgehead atoms. The highest BCUT2D eigenvalue weighted by molar-refractivity contribution is 5.75. The van der Waals surface area contributed by atoms with Crippen molar-refractivity contribution in [2.75, 3.05) is 0 Å². The predicted octanol–water partition coefficient (Wildman–Crippen LogP) is 3.91. The van der Waals surface area contributed by atoms with Crippen molar-refractivity contribution in [1.82, 2.24) is 4.98 Å². The summed E-state index contributed by atoms with van der Waals surface area (Å²) in [5.41, 5.74) is 2.45. The van der Waals surface area contributed by atoms with E-state index in [1.54, 1.807) is 24.3 Å². The molecule has 3 aromatic rings. The Balaban J connectivity index is 1.84. The lowest BCUT2D eigenvalue weighted by molar-refractivity contribution is -0.384. The molecular formula is C15H10N2O3. The zero-order chi connectivity index (χ0) is 13.9. The molecule has 5 heteroatoms. The SMILES string of the molecule is O=[N+]([O-])c1ccc(/C=C/c2nc3ccccc3o2)cc1. The molecule has 0 saturated carbocycles. The van der Waals surface area contributed by atoms with Crippen LogP contribution < -0.4 is 0 Å². The van der Waals surface area contributed by atoms with Crippen LogP contribution in [0.25, 0.3) is 23.3 Å². The van der Waals surface area contributed by atoms with Gasteiger partial charge in [-0.1, -0.05) is 12.1 Å². The average molecular weight is 266 g/mol. The molecule has 0 saturated heterocycles. The third-order valence-electron chi connectivity index (χ3n) is 2.83. The number of nitrogens with zero attached hydrogens (tertiary/aromatic N) is 2. The van der Waals surface area contributed by atoms with Gasteiger partial charge >= 0.3 is 0 Å². The molecular weight excluding hydrogens is 256 g/mol. The number of nitro groups is 1. The molecule has 0 amide bonds. The molecule has 20 heavy (non-hydrogen) atoms. The third kappa shape index (κ3) is 2.42. The molecule has 2 aromatic carbocycles. The molecule has 0 aliphatic heterocycles. The zero-order valence-corrected chi connectivity index (χ0v) is 10.4. The van der Waals surface area contributed by atoms with Crippen LogP contribution in [0.2, 0.25) is 0 Å². The molecule has 0 spiro atoms. The van der Waals surface area contributed by atoms with Crippen LogP contribution in [-0.4, -0.2) is 9.91 Å². The minimum Gasteiger partial charge on any atom is -0.437 e. The largest absolute Gasteiger partial charge is 0.437 e. The van der Waals surface area contributed by atoms with Gasteiger partial charge in [0.1, 0.15) is 5.52 Å². The topological polar surface area (TPSA) is 69.2 Å². The van der Waals surface area contributed by atoms with Gasteiger partial charge in [-0.25, -0.2) is 4.98 Å². The van der Waals surface area contributed by atoms with E-state index in [4.69, 9.17) is 4.42 Å². The van der Waals surface area contributed by atoms with E-state index in [0.717, 1.165) is 16.7 Å². The lowest BCUT2D eigenvalue weighted by Gasteiger charge is -1.92. The Kier molecular flexibility index (Phi) is 3.01. The van der Waals surface area contributed by atoms with Crippen LogP contribution in [0.5, 0.6) is 0 Å². The molecule has 0 aliphatic rings. The van der Waals surface area contributed by atoms with E-state index in [1.807, 2.05) is 24.3 Å². The van der Waals surface area contributed by atoms with Crippen LogP contribution in [0.1, 0.15) is 11.5 Å². The molecule has 3 rings (SSSR count). The Morgan fingerprint density at radius 2 is 1.80 bits per heavy atom. The monoisotopic (exact) mass is 266 g/mol. The number of aromatic nitrogens is 1. The zero-order valence-electron chi connectivity index (χ0n) is 10.4.